The molecule has 0 amide bonds. The van der Waals surface area contributed by atoms with Crippen LogP contribution in [0.1, 0.15) is 5.56 Å². The number of hydrogen-bond acceptors (Lipinski definition) is 2. The summed E-state index contributed by atoms with van der Waals surface area (Å²) in [7, 11) is 0. The van der Waals surface area contributed by atoms with E-state index in [0.717, 1.165) is 24.7 Å². The summed E-state index contributed by atoms with van der Waals surface area (Å²) in [4.78, 5) is 0. The van der Waals surface area contributed by atoms with Crippen molar-refractivity contribution in [2.24, 2.45) is 0 Å². The van der Waals surface area contributed by atoms with E-state index in [0.29, 0.717) is 6.54 Å². The second-order valence-electron chi connectivity index (χ2n) is 4.12. The summed E-state index contributed by atoms with van der Waals surface area (Å²) in [6.07, 6.45) is 0. The second-order valence-corrected chi connectivity index (χ2v) is 6.74. The zero-order valence-corrected chi connectivity index (χ0v) is 15.3. The minimum Gasteiger partial charge on any atom is -0.435 e. The molecule has 0 aliphatic heterocycles. The summed E-state index contributed by atoms with van der Waals surface area (Å²) < 4.78 is 31.2. The van der Waals surface area contributed by atoms with Gasteiger partial charge in [0.2, 0.25) is 0 Å². The molecule has 0 saturated heterocycles. The fourth-order valence-electron chi connectivity index (χ4n) is 1.69. The summed E-state index contributed by atoms with van der Waals surface area (Å²) in [6.45, 7) is -2.24. The Bertz CT molecular complexity index is 597. The molecule has 0 unspecified atom stereocenters. The van der Waals surface area contributed by atoms with Crippen LogP contribution in [0.4, 0.5) is 14.5 Å². The summed E-state index contributed by atoms with van der Waals surface area (Å²) >= 11 is 10.4. The average molecular weight is 486 g/mol. The van der Waals surface area contributed by atoms with E-state index in [2.05, 4.69) is 57.8 Å². The molecule has 0 bridgehead atoms. The highest BCUT2D eigenvalue weighted by atomic mass is 79.9. The molecule has 0 spiro atoms. The van der Waals surface area contributed by atoms with Gasteiger partial charge in [-0.2, -0.15) is 8.78 Å². The molecule has 0 aliphatic rings. The lowest BCUT2D eigenvalue weighted by Crippen LogP contribution is -2.03. The zero-order chi connectivity index (χ0) is 15.4. The maximum Gasteiger partial charge on any atom is 0.387 e. The van der Waals surface area contributed by atoms with E-state index in [1.165, 1.54) is 12.1 Å². The summed E-state index contributed by atoms with van der Waals surface area (Å²) in [6, 6.07) is 10.4. The topological polar surface area (TPSA) is 21.3 Å². The van der Waals surface area contributed by atoms with Crippen molar-refractivity contribution >= 4 is 53.5 Å². The normalized spacial score (nSPS) is 10.8. The number of nitrogens with one attached hydrogen (secondary N) is 1. The Labute approximate surface area is 146 Å². The molecule has 0 saturated carbocycles. The molecule has 0 aliphatic carbocycles. The molecule has 0 heterocycles. The molecule has 1 N–H and O–H groups in total. The van der Waals surface area contributed by atoms with Gasteiger partial charge in [0.1, 0.15) is 5.75 Å². The van der Waals surface area contributed by atoms with Gasteiger partial charge in [-0.1, -0.05) is 28.1 Å². The van der Waals surface area contributed by atoms with Gasteiger partial charge < -0.3 is 10.1 Å². The first-order valence-corrected chi connectivity index (χ1v) is 8.26. The first-order chi connectivity index (χ1) is 9.95. The van der Waals surface area contributed by atoms with Gasteiger partial charge in [0.15, 0.2) is 0 Å². The van der Waals surface area contributed by atoms with Gasteiger partial charge in [-0.3, -0.25) is 0 Å². The Balaban J connectivity index is 2.03. The molecule has 0 aromatic heterocycles. The third-order valence-electron chi connectivity index (χ3n) is 2.62. The predicted octanol–water partition coefficient (Wildman–Crippen LogP) is 6.19. The minimum atomic E-state index is -2.80. The van der Waals surface area contributed by atoms with Crippen LogP contribution < -0.4 is 10.1 Å². The van der Waals surface area contributed by atoms with Gasteiger partial charge in [-0.25, -0.2) is 0 Å². The smallest absolute Gasteiger partial charge is 0.387 e. The van der Waals surface area contributed by atoms with Crippen LogP contribution in [0.5, 0.6) is 5.75 Å². The highest BCUT2D eigenvalue weighted by Gasteiger charge is 2.07. The van der Waals surface area contributed by atoms with Crippen molar-refractivity contribution in [1.82, 2.24) is 0 Å². The van der Waals surface area contributed by atoms with E-state index in [4.69, 9.17) is 0 Å². The number of ether oxygens (including phenoxy) is 1. The third kappa shape index (κ3) is 4.93. The minimum absolute atomic E-state index is 0.153. The highest BCUT2D eigenvalue weighted by molar-refractivity contribution is 9.11. The Morgan fingerprint density at radius 1 is 1.00 bits per heavy atom. The first kappa shape index (κ1) is 16.7. The lowest BCUT2D eigenvalue weighted by molar-refractivity contribution is -0.0498. The van der Waals surface area contributed by atoms with Gasteiger partial charge in [0, 0.05) is 20.0 Å². The predicted molar refractivity (Wildman–Crippen MR) is 89.9 cm³/mol. The van der Waals surface area contributed by atoms with E-state index in [9.17, 15) is 8.78 Å². The molecule has 21 heavy (non-hydrogen) atoms. The second kappa shape index (κ2) is 7.56. The monoisotopic (exact) mass is 483 g/mol. The summed E-state index contributed by atoms with van der Waals surface area (Å²) in [5.74, 6) is 0.153. The third-order valence-corrected chi connectivity index (χ3v) is 4.33. The van der Waals surface area contributed by atoms with Crippen LogP contribution in [-0.2, 0) is 6.54 Å². The summed E-state index contributed by atoms with van der Waals surface area (Å²) in [5.41, 5.74) is 1.88. The number of rotatable bonds is 5. The largest absolute Gasteiger partial charge is 0.435 e. The lowest BCUT2D eigenvalue weighted by Gasteiger charge is -2.12. The van der Waals surface area contributed by atoms with E-state index < -0.39 is 6.61 Å². The molecule has 2 rings (SSSR count). The van der Waals surface area contributed by atoms with Crippen LogP contribution in [0.2, 0.25) is 0 Å². The van der Waals surface area contributed by atoms with Crippen molar-refractivity contribution in [2.45, 2.75) is 13.2 Å². The van der Waals surface area contributed by atoms with Crippen molar-refractivity contribution in [3.63, 3.8) is 0 Å². The number of anilines is 1. The molecule has 0 atom stereocenters. The van der Waals surface area contributed by atoms with Gasteiger partial charge in [-0.15, -0.1) is 0 Å². The highest BCUT2D eigenvalue weighted by Crippen LogP contribution is 2.34. The van der Waals surface area contributed by atoms with Gasteiger partial charge in [0.05, 0.1) is 5.69 Å². The Morgan fingerprint density at radius 2 is 1.57 bits per heavy atom. The van der Waals surface area contributed by atoms with Crippen molar-refractivity contribution in [2.75, 3.05) is 5.32 Å². The Hall–Kier alpha value is -0.660. The summed E-state index contributed by atoms with van der Waals surface area (Å²) in [5, 5.41) is 3.28. The van der Waals surface area contributed by atoms with Crippen molar-refractivity contribution in [1.29, 1.82) is 0 Å². The quantitative estimate of drug-likeness (QED) is 0.545. The van der Waals surface area contributed by atoms with E-state index >= 15 is 0 Å². The molecule has 0 fully saturated rings. The van der Waals surface area contributed by atoms with Crippen LogP contribution in [0.25, 0.3) is 0 Å². The fourth-order valence-corrected chi connectivity index (χ4v) is 4.23. The number of benzene rings is 2. The zero-order valence-electron chi connectivity index (χ0n) is 10.5. The van der Waals surface area contributed by atoms with E-state index in [-0.39, 0.29) is 5.75 Å². The molecular weight excluding hydrogens is 476 g/mol. The SMILES string of the molecule is FC(F)Oc1ccc(CNc2c(Br)cc(Br)cc2Br)cc1. The number of hydrogen-bond donors (Lipinski definition) is 1. The van der Waals surface area contributed by atoms with Crippen LogP contribution in [0, 0.1) is 0 Å². The van der Waals surface area contributed by atoms with Crippen LogP contribution >= 0.6 is 47.8 Å². The maximum atomic E-state index is 12.1. The fraction of sp³-hybridized carbons (Fsp3) is 0.143. The molecule has 7 heteroatoms. The number of alkyl halides is 2. The van der Waals surface area contributed by atoms with Crippen LogP contribution in [0.3, 0.4) is 0 Å². The van der Waals surface area contributed by atoms with E-state index in [1.54, 1.807) is 12.1 Å². The van der Waals surface area contributed by atoms with Crippen LogP contribution in [0.15, 0.2) is 49.8 Å². The maximum absolute atomic E-state index is 12.1. The van der Waals surface area contributed by atoms with E-state index in [1.807, 2.05) is 12.1 Å². The molecular formula is C14H10Br3F2NO. The lowest BCUT2D eigenvalue weighted by atomic mass is 10.2. The van der Waals surface area contributed by atoms with Crippen molar-refractivity contribution < 1.29 is 13.5 Å². The molecule has 0 radical (unpaired) electrons. The molecule has 2 aromatic rings. The van der Waals surface area contributed by atoms with Crippen LogP contribution in [-0.4, -0.2) is 6.61 Å². The average Bonchev–Trinajstić information content (AvgIpc) is 2.38. The van der Waals surface area contributed by atoms with Gasteiger partial charge in [0.25, 0.3) is 0 Å². The standard InChI is InChI=1S/C14H10Br3F2NO/c15-9-5-11(16)13(12(17)6-9)20-7-8-1-3-10(4-2-8)21-14(18)19/h1-6,14,20H,7H2. The molecule has 2 nitrogen and oxygen atoms in total. The van der Waals surface area contributed by atoms with Gasteiger partial charge in [-0.05, 0) is 61.7 Å². The first-order valence-electron chi connectivity index (χ1n) is 5.88. The molecule has 112 valence electrons. The van der Waals surface area contributed by atoms with Crippen molar-refractivity contribution in [3.8, 4) is 5.75 Å². The Kier molecular flexibility index (Phi) is 6.01. The Morgan fingerprint density at radius 3 is 2.10 bits per heavy atom. The van der Waals surface area contributed by atoms with Gasteiger partial charge >= 0.3 is 6.61 Å². The number of halogens is 5. The van der Waals surface area contributed by atoms with Crippen molar-refractivity contribution in [3.05, 3.63) is 55.4 Å². The molecule has 2 aromatic carbocycles.